The first-order valence-corrected chi connectivity index (χ1v) is 5.00. The van der Waals surface area contributed by atoms with Crippen LogP contribution in [-0.4, -0.2) is 13.2 Å². The molecule has 2 nitrogen and oxygen atoms in total. The molecule has 14 heavy (non-hydrogen) atoms. The first kappa shape index (κ1) is 11.2. The minimum Gasteiger partial charge on any atom is -0.381 e. The molecule has 2 N–H and O–H groups in total. The van der Waals surface area contributed by atoms with Gasteiger partial charge in [0.05, 0.1) is 6.10 Å². The summed E-state index contributed by atoms with van der Waals surface area (Å²) >= 11 is 0. The third kappa shape index (κ3) is 3.13. The molecule has 0 aliphatic rings. The minimum absolute atomic E-state index is 0.115. The van der Waals surface area contributed by atoms with E-state index in [0.717, 1.165) is 6.42 Å². The summed E-state index contributed by atoms with van der Waals surface area (Å²) in [5.74, 6) is 0. The van der Waals surface area contributed by atoms with Crippen LogP contribution in [0.15, 0.2) is 24.3 Å². The van der Waals surface area contributed by atoms with Gasteiger partial charge in [-0.25, -0.2) is 0 Å². The molecular formula is C12H19NO. The molecule has 0 fully saturated rings. The summed E-state index contributed by atoms with van der Waals surface area (Å²) in [6, 6.07) is 8.52. The van der Waals surface area contributed by atoms with Gasteiger partial charge in [0.1, 0.15) is 0 Å². The van der Waals surface area contributed by atoms with Crippen molar-refractivity contribution >= 4 is 0 Å². The van der Waals surface area contributed by atoms with Gasteiger partial charge < -0.3 is 10.5 Å². The highest BCUT2D eigenvalue weighted by Crippen LogP contribution is 2.12. The lowest BCUT2D eigenvalue weighted by atomic mass is 10.0. The van der Waals surface area contributed by atoms with Crippen molar-refractivity contribution in [2.24, 2.45) is 5.73 Å². The van der Waals surface area contributed by atoms with Gasteiger partial charge in [-0.05, 0) is 31.4 Å². The van der Waals surface area contributed by atoms with Gasteiger partial charge in [-0.15, -0.1) is 0 Å². The van der Waals surface area contributed by atoms with Crippen LogP contribution in [0.2, 0.25) is 0 Å². The van der Waals surface area contributed by atoms with Crippen LogP contribution in [0.25, 0.3) is 0 Å². The third-order valence-electron chi connectivity index (χ3n) is 2.43. The Labute approximate surface area is 86.1 Å². The Morgan fingerprint density at radius 3 is 2.21 bits per heavy atom. The van der Waals surface area contributed by atoms with E-state index in [1.165, 1.54) is 11.1 Å². The molecule has 0 saturated heterocycles. The highest BCUT2D eigenvalue weighted by atomic mass is 16.5. The number of ether oxygens (including phenoxy) is 1. The molecule has 0 aliphatic carbocycles. The number of hydrogen-bond donors (Lipinski definition) is 1. The van der Waals surface area contributed by atoms with Crippen LogP contribution in [0, 0.1) is 0 Å². The zero-order valence-electron chi connectivity index (χ0n) is 9.16. The van der Waals surface area contributed by atoms with Crippen molar-refractivity contribution in [1.29, 1.82) is 0 Å². The Morgan fingerprint density at radius 1 is 1.21 bits per heavy atom. The summed E-state index contributed by atoms with van der Waals surface area (Å²) in [5, 5.41) is 0. The van der Waals surface area contributed by atoms with E-state index in [-0.39, 0.29) is 12.1 Å². The minimum atomic E-state index is 0.115. The van der Waals surface area contributed by atoms with Gasteiger partial charge in [-0.2, -0.15) is 0 Å². The van der Waals surface area contributed by atoms with E-state index >= 15 is 0 Å². The first-order valence-electron chi connectivity index (χ1n) is 5.00. The molecule has 78 valence electrons. The van der Waals surface area contributed by atoms with E-state index in [1.54, 1.807) is 7.11 Å². The summed E-state index contributed by atoms with van der Waals surface area (Å²) in [6.07, 6.45) is 1.23. The second-order valence-corrected chi connectivity index (χ2v) is 3.78. The first-order chi connectivity index (χ1) is 6.63. The van der Waals surface area contributed by atoms with Crippen LogP contribution >= 0.6 is 0 Å². The van der Waals surface area contributed by atoms with Crippen molar-refractivity contribution in [3.63, 3.8) is 0 Å². The molecule has 2 heteroatoms. The van der Waals surface area contributed by atoms with E-state index in [4.69, 9.17) is 10.5 Å². The molecule has 0 aliphatic heterocycles. The number of methoxy groups -OCH3 is 1. The predicted octanol–water partition coefficient (Wildman–Crippen LogP) is 2.28. The fourth-order valence-electron chi connectivity index (χ4n) is 1.37. The summed E-state index contributed by atoms with van der Waals surface area (Å²) in [4.78, 5) is 0. The maximum absolute atomic E-state index is 5.77. The van der Waals surface area contributed by atoms with E-state index in [2.05, 4.69) is 31.2 Å². The molecule has 0 heterocycles. The van der Waals surface area contributed by atoms with Gasteiger partial charge in [-0.1, -0.05) is 24.3 Å². The largest absolute Gasteiger partial charge is 0.381 e. The smallest absolute Gasteiger partial charge is 0.0583 e. The predicted molar refractivity (Wildman–Crippen MR) is 59.2 cm³/mol. The molecule has 1 rings (SSSR count). The Morgan fingerprint density at radius 2 is 1.79 bits per heavy atom. The Balaban J connectivity index is 2.64. The monoisotopic (exact) mass is 193 g/mol. The van der Waals surface area contributed by atoms with Crippen LogP contribution in [-0.2, 0) is 11.2 Å². The number of nitrogens with two attached hydrogens (primary N) is 1. The van der Waals surface area contributed by atoms with E-state index in [0.29, 0.717) is 0 Å². The second-order valence-electron chi connectivity index (χ2n) is 3.78. The molecule has 0 aromatic heterocycles. The Bertz CT molecular complexity index is 266. The van der Waals surface area contributed by atoms with Crippen LogP contribution < -0.4 is 5.73 Å². The fourth-order valence-corrected chi connectivity index (χ4v) is 1.37. The second kappa shape index (κ2) is 5.13. The van der Waals surface area contributed by atoms with E-state index < -0.39 is 0 Å². The summed E-state index contributed by atoms with van der Waals surface area (Å²) in [5.41, 5.74) is 8.24. The van der Waals surface area contributed by atoms with Gasteiger partial charge in [0.2, 0.25) is 0 Å². The average molecular weight is 193 g/mol. The molecular weight excluding hydrogens is 174 g/mol. The van der Waals surface area contributed by atoms with Crippen LogP contribution in [0.1, 0.15) is 31.0 Å². The number of hydrogen-bond acceptors (Lipinski definition) is 2. The maximum Gasteiger partial charge on any atom is 0.0583 e. The standard InChI is InChI=1S/C12H19NO/c1-9(14-3)8-11-4-6-12(7-5-11)10(2)13/h4-7,9-10H,8,13H2,1-3H3. The normalized spacial score (nSPS) is 15.1. The summed E-state index contributed by atoms with van der Waals surface area (Å²) < 4.78 is 5.21. The van der Waals surface area contributed by atoms with Crippen LogP contribution in [0.4, 0.5) is 0 Å². The van der Waals surface area contributed by atoms with Crippen LogP contribution in [0.3, 0.4) is 0 Å². The lowest BCUT2D eigenvalue weighted by Gasteiger charge is -2.10. The van der Waals surface area contributed by atoms with Crippen molar-refractivity contribution < 1.29 is 4.74 Å². The fraction of sp³-hybridized carbons (Fsp3) is 0.500. The summed E-state index contributed by atoms with van der Waals surface area (Å²) in [6.45, 7) is 4.06. The number of benzene rings is 1. The highest BCUT2D eigenvalue weighted by molar-refractivity contribution is 5.24. The van der Waals surface area contributed by atoms with Gasteiger partial charge in [0.15, 0.2) is 0 Å². The van der Waals surface area contributed by atoms with Crippen molar-refractivity contribution in [2.75, 3.05) is 7.11 Å². The molecule has 1 aromatic rings. The SMILES string of the molecule is COC(C)Cc1ccc(C(C)N)cc1. The molecule has 0 radical (unpaired) electrons. The van der Waals surface area contributed by atoms with Gasteiger partial charge in [0.25, 0.3) is 0 Å². The van der Waals surface area contributed by atoms with Gasteiger partial charge in [-0.3, -0.25) is 0 Å². The third-order valence-corrected chi connectivity index (χ3v) is 2.43. The molecule has 2 atom stereocenters. The Hall–Kier alpha value is -0.860. The van der Waals surface area contributed by atoms with E-state index in [9.17, 15) is 0 Å². The average Bonchev–Trinajstić information content (AvgIpc) is 2.18. The van der Waals surface area contributed by atoms with Crippen LogP contribution in [0.5, 0.6) is 0 Å². The maximum atomic E-state index is 5.77. The van der Waals surface area contributed by atoms with Crippen molar-refractivity contribution in [3.8, 4) is 0 Å². The van der Waals surface area contributed by atoms with Crippen molar-refractivity contribution in [3.05, 3.63) is 35.4 Å². The van der Waals surface area contributed by atoms with Gasteiger partial charge >= 0.3 is 0 Å². The molecule has 1 aromatic carbocycles. The van der Waals surface area contributed by atoms with E-state index in [1.807, 2.05) is 6.92 Å². The molecule has 0 amide bonds. The lowest BCUT2D eigenvalue weighted by Crippen LogP contribution is -2.09. The highest BCUT2D eigenvalue weighted by Gasteiger charge is 2.02. The quantitative estimate of drug-likeness (QED) is 0.796. The van der Waals surface area contributed by atoms with Crippen molar-refractivity contribution in [1.82, 2.24) is 0 Å². The van der Waals surface area contributed by atoms with Gasteiger partial charge in [0, 0.05) is 13.2 Å². The molecule has 0 saturated carbocycles. The topological polar surface area (TPSA) is 35.2 Å². The lowest BCUT2D eigenvalue weighted by molar-refractivity contribution is 0.119. The molecule has 0 spiro atoms. The molecule has 2 unspecified atom stereocenters. The Kier molecular flexibility index (Phi) is 4.11. The molecule has 0 bridgehead atoms. The summed E-state index contributed by atoms with van der Waals surface area (Å²) in [7, 11) is 1.74. The van der Waals surface area contributed by atoms with Crippen molar-refractivity contribution in [2.45, 2.75) is 32.4 Å². The zero-order valence-corrected chi connectivity index (χ0v) is 9.16. The number of rotatable bonds is 4. The zero-order chi connectivity index (χ0) is 10.6.